The smallest absolute Gasteiger partial charge is 0.251 e. The van der Waals surface area contributed by atoms with Crippen LogP contribution >= 0.6 is 0 Å². The Labute approximate surface area is 336 Å². The van der Waals surface area contributed by atoms with Gasteiger partial charge < -0.3 is 16.0 Å². The lowest BCUT2D eigenvalue weighted by molar-refractivity contribution is 0.0942. The Hall–Kier alpha value is -7.30. The molecule has 6 aromatic rings. The molecule has 0 aliphatic rings. The summed E-state index contributed by atoms with van der Waals surface area (Å²) in [5.41, 5.74) is 4.34. The third-order valence-electron chi connectivity index (χ3n) is 9.48. The number of nitrogens with zero attached hydrogens (tertiary/aromatic N) is 1. The van der Waals surface area contributed by atoms with Crippen LogP contribution in [-0.4, -0.2) is 79.2 Å². The van der Waals surface area contributed by atoms with Crippen molar-refractivity contribution >= 4 is 35.1 Å². The lowest BCUT2D eigenvalue weighted by atomic mass is 10.0. The summed E-state index contributed by atoms with van der Waals surface area (Å²) in [5, 5.41) is 8.75. The largest absolute Gasteiger partial charge is 0.351 e. The van der Waals surface area contributed by atoms with Gasteiger partial charge in [-0.15, -0.1) is 0 Å². The highest BCUT2D eigenvalue weighted by molar-refractivity contribution is 6.11. The van der Waals surface area contributed by atoms with Gasteiger partial charge in [0.05, 0.1) is 0 Å². The fourth-order valence-corrected chi connectivity index (χ4v) is 6.21. The van der Waals surface area contributed by atoms with E-state index in [2.05, 4.69) is 16.0 Å². The zero-order valence-corrected chi connectivity index (χ0v) is 31.7. The lowest BCUT2D eigenvalue weighted by Crippen LogP contribution is -2.43. The first-order chi connectivity index (χ1) is 28.3. The molecule has 10 heteroatoms. The minimum Gasteiger partial charge on any atom is -0.351 e. The summed E-state index contributed by atoms with van der Waals surface area (Å²) in [4.78, 5) is 79.4. The van der Waals surface area contributed by atoms with Crippen LogP contribution in [0.3, 0.4) is 0 Å². The third-order valence-corrected chi connectivity index (χ3v) is 9.48. The first-order valence-electron chi connectivity index (χ1n) is 18.9. The average molecular weight is 771 g/mol. The number of hydrogen-bond acceptors (Lipinski definition) is 7. The second-order valence-electron chi connectivity index (χ2n) is 13.4. The van der Waals surface area contributed by atoms with Crippen LogP contribution in [0.4, 0.5) is 0 Å². The van der Waals surface area contributed by atoms with Crippen molar-refractivity contribution in [3.05, 3.63) is 214 Å². The molecule has 6 rings (SSSR count). The predicted octanol–water partition coefficient (Wildman–Crippen LogP) is 6.27. The molecule has 58 heavy (non-hydrogen) atoms. The monoisotopic (exact) mass is 770 g/mol. The first kappa shape index (κ1) is 40.4. The molecule has 0 saturated heterocycles. The van der Waals surface area contributed by atoms with Gasteiger partial charge in [-0.3, -0.25) is 33.7 Å². The van der Waals surface area contributed by atoms with Crippen LogP contribution in [-0.2, 0) is 0 Å². The van der Waals surface area contributed by atoms with E-state index < -0.39 is 0 Å². The van der Waals surface area contributed by atoms with Gasteiger partial charge in [0.2, 0.25) is 0 Å². The van der Waals surface area contributed by atoms with Crippen LogP contribution in [0.1, 0.15) is 78.8 Å². The molecule has 0 aromatic heterocycles. The van der Waals surface area contributed by atoms with E-state index in [9.17, 15) is 28.8 Å². The standard InChI is InChI=1S/C48H42N4O6/c53-43(34-10-4-1-5-11-34)37-16-22-40(23-17-37)46(56)49-28-31-52(32-29-50-47(57)41-24-18-38(19-25-41)44(54)35-12-6-2-7-13-35)33-30-51-48(58)42-26-20-39(21-27-42)45(55)36-14-8-3-9-15-36/h1-27H,28-33H2,(H,49,56)(H,50,57)(H,51,58). The number of rotatable bonds is 18. The van der Waals surface area contributed by atoms with E-state index in [1.807, 2.05) is 23.1 Å². The van der Waals surface area contributed by atoms with Crippen LogP contribution in [0.25, 0.3) is 0 Å². The van der Waals surface area contributed by atoms with Crippen LogP contribution in [0, 0.1) is 0 Å². The molecule has 0 aliphatic heterocycles. The molecule has 0 atom stereocenters. The fourth-order valence-electron chi connectivity index (χ4n) is 6.21. The van der Waals surface area contributed by atoms with Gasteiger partial charge in [-0.05, 0) is 36.4 Å². The second-order valence-corrected chi connectivity index (χ2v) is 13.4. The summed E-state index contributed by atoms with van der Waals surface area (Å²) in [6, 6.07) is 46.2. The number of benzene rings is 6. The number of ketones is 3. The van der Waals surface area contributed by atoms with Gasteiger partial charge in [0, 0.05) is 89.3 Å². The Kier molecular flexibility index (Phi) is 13.9. The Morgan fingerprint density at radius 3 is 0.741 bits per heavy atom. The number of hydrogen-bond donors (Lipinski definition) is 3. The maximum atomic E-state index is 13.0. The highest BCUT2D eigenvalue weighted by atomic mass is 16.2. The molecule has 0 radical (unpaired) electrons. The molecule has 0 heterocycles. The quantitative estimate of drug-likeness (QED) is 0.0876. The zero-order valence-electron chi connectivity index (χ0n) is 31.7. The highest BCUT2D eigenvalue weighted by Crippen LogP contribution is 2.14. The number of amides is 3. The molecule has 6 aromatic carbocycles. The Morgan fingerprint density at radius 2 is 0.500 bits per heavy atom. The number of nitrogens with one attached hydrogen (secondary N) is 3. The Balaban J connectivity index is 1.02. The minimum atomic E-state index is -0.302. The van der Waals surface area contributed by atoms with Gasteiger partial charge in [0.1, 0.15) is 0 Å². The molecule has 0 fully saturated rings. The summed E-state index contributed by atoms with van der Waals surface area (Å²) < 4.78 is 0. The molecule has 0 saturated carbocycles. The molecule has 3 N–H and O–H groups in total. The van der Waals surface area contributed by atoms with E-state index in [1.165, 1.54) is 0 Å². The van der Waals surface area contributed by atoms with Gasteiger partial charge >= 0.3 is 0 Å². The fraction of sp³-hybridized carbons (Fsp3) is 0.125. The third kappa shape index (κ3) is 10.9. The SMILES string of the molecule is O=C(NCCN(CCNC(=O)c1ccc(C(=O)c2ccccc2)cc1)CCNC(=O)c1ccc(C(=O)c2ccccc2)cc1)c1ccc(C(=O)c2ccccc2)cc1. The maximum Gasteiger partial charge on any atom is 0.251 e. The van der Waals surface area contributed by atoms with E-state index in [4.69, 9.17) is 0 Å². The average Bonchev–Trinajstić information content (AvgIpc) is 3.29. The van der Waals surface area contributed by atoms with Crippen LogP contribution in [0.5, 0.6) is 0 Å². The number of carbonyl (C=O) groups excluding carboxylic acids is 6. The predicted molar refractivity (Wildman–Crippen MR) is 222 cm³/mol. The van der Waals surface area contributed by atoms with Crippen molar-refractivity contribution in [1.29, 1.82) is 0 Å². The molecular formula is C48H42N4O6. The van der Waals surface area contributed by atoms with E-state index >= 15 is 0 Å². The summed E-state index contributed by atoms with van der Waals surface area (Å²) in [5.74, 6) is -1.30. The van der Waals surface area contributed by atoms with Crippen LogP contribution in [0.15, 0.2) is 164 Å². The van der Waals surface area contributed by atoms with E-state index in [1.54, 1.807) is 146 Å². The molecule has 3 amide bonds. The van der Waals surface area contributed by atoms with Gasteiger partial charge in [-0.2, -0.15) is 0 Å². The van der Waals surface area contributed by atoms with Crippen molar-refractivity contribution in [3.63, 3.8) is 0 Å². The van der Waals surface area contributed by atoms with Gasteiger partial charge in [-0.1, -0.05) is 127 Å². The summed E-state index contributed by atoms with van der Waals surface area (Å²) in [6.45, 7) is 2.07. The van der Waals surface area contributed by atoms with E-state index in [0.29, 0.717) is 69.7 Å². The van der Waals surface area contributed by atoms with Crippen molar-refractivity contribution in [2.24, 2.45) is 0 Å². The van der Waals surface area contributed by atoms with Crippen molar-refractivity contribution in [3.8, 4) is 0 Å². The molecule has 0 unspecified atom stereocenters. The molecule has 290 valence electrons. The zero-order chi connectivity index (χ0) is 40.7. The highest BCUT2D eigenvalue weighted by Gasteiger charge is 2.15. The normalized spacial score (nSPS) is 10.7. The van der Waals surface area contributed by atoms with E-state index in [0.717, 1.165) is 0 Å². The Morgan fingerprint density at radius 1 is 0.293 bits per heavy atom. The van der Waals surface area contributed by atoms with Gasteiger partial charge in [0.15, 0.2) is 17.3 Å². The minimum absolute atomic E-state index is 0.132. The van der Waals surface area contributed by atoms with Crippen LogP contribution in [0.2, 0.25) is 0 Å². The molecule has 0 bridgehead atoms. The van der Waals surface area contributed by atoms with Gasteiger partial charge in [-0.25, -0.2) is 0 Å². The molecule has 0 spiro atoms. The van der Waals surface area contributed by atoms with Crippen LogP contribution < -0.4 is 16.0 Å². The summed E-state index contributed by atoms with van der Waals surface area (Å²) >= 11 is 0. The van der Waals surface area contributed by atoms with Crippen molar-refractivity contribution in [1.82, 2.24) is 20.9 Å². The Bertz CT molecular complexity index is 2080. The maximum absolute atomic E-state index is 13.0. The molecule has 0 aliphatic carbocycles. The lowest BCUT2D eigenvalue weighted by Gasteiger charge is -2.23. The second kappa shape index (κ2) is 20.0. The van der Waals surface area contributed by atoms with Crippen molar-refractivity contribution < 1.29 is 28.8 Å². The number of carbonyl (C=O) groups is 6. The van der Waals surface area contributed by atoms with Crippen molar-refractivity contribution in [2.45, 2.75) is 0 Å². The van der Waals surface area contributed by atoms with Crippen molar-refractivity contribution in [2.75, 3.05) is 39.3 Å². The molecular weight excluding hydrogens is 729 g/mol. The molecule has 10 nitrogen and oxygen atoms in total. The summed E-state index contributed by atoms with van der Waals surface area (Å²) in [7, 11) is 0. The summed E-state index contributed by atoms with van der Waals surface area (Å²) in [6.07, 6.45) is 0. The van der Waals surface area contributed by atoms with Gasteiger partial charge in [0.25, 0.3) is 17.7 Å². The first-order valence-corrected chi connectivity index (χ1v) is 18.9. The topological polar surface area (TPSA) is 142 Å². The van der Waals surface area contributed by atoms with E-state index in [-0.39, 0.29) is 54.7 Å².